The number of amides is 1. The van der Waals surface area contributed by atoms with Crippen LogP contribution in [0.15, 0.2) is 0 Å². The molecule has 5 nitrogen and oxygen atoms in total. The van der Waals surface area contributed by atoms with Crippen molar-refractivity contribution in [3.63, 3.8) is 0 Å². The van der Waals surface area contributed by atoms with Crippen molar-refractivity contribution in [1.82, 2.24) is 15.1 Å². The minimum atomic E-state index is -4.18. The third-order valence-corrected chi connectivity index (χ3v) is 3.76. The standard InChI is InChI=1S/C13H22F3N3O2/c14-13(15,16)10-18-3-1-4-19(6-5-18)12(20)8-11-9-21-7-2-17-11/h11,17H,1-10H2. The van der Waals surface area contributed by atoms with Gasteiger partial charge in [-0.25, -0.2) is 0 Å². The van der Waals surface area contributed by atoms with Gasteiger partial charge in [0.25, 0.3) is 0 Å². The molecule has 0 aromatic heterocycles. The molecule has 2 rings (SSSR count). The molecule has 8 heteroatoms. The number of hydrogen-bond acceptors (Lipinski definition) is 4. The Morgan fingerprint density at radius 1 is 1.24 bits per heavy atom. The van der Waals surface area contributed by atoms with E-state index in [9.17, 15) is 18.0 Å². The first-order valence-electron chi connectivity index (χ1n) is 7.32. The van der Waals surface area contributed by atoms with Gasteiger partial charge in [-0.3, -0.25) is 9.69 Å². The van der Waals surface area contributed by atoms with E-state index in [2.05, 4.69) is 5.32 Å². The Bertz CT molecular complexity index is 346. The summed E-state index contributed by atoms with van der Waals surface area (Å²) in [5.41, 5.74) is 0. The molecule has 122 valence electrons. The van der Waals surface area contributed by atoms with Gasteiger partial charge >= 0.3 is 6.18 Å². The van der Waals surface area contributed by atoms with Gasteiger partial charge in [-0.05, 0) is 6.42 Å². The second-order valence-corrected chi connectivity index (χ2v) is 5.56. The number of rotatable bonds is 3. The van der Waals surface area contributed by atoms with Crippen molar-refractivity contribution in [2.24, 2.45) is 0 Å². The number of ether oxygens (including phenoxy) is 1. The molecule has 0 bridgehead atoms. The zero-order chi connectivity index (χ0) is 15.3. The maximum absolute atomic E-state index is 12.4. The van der Waals surface area contributed by atoms with Crippen LogP contribution in [0.2, 0.25) is 0 Å². The van der Waals surface area contributed by atoms with Crippen LogP contribution in [0.3, 0.4) is 0 Å². The number of morpholine rings is 1. The number of carbonyl (C=O) groups excluding carboxylic acids is 1. The topological polar surface area (TPSA) is 44.8 Å². The van der Waals surface area contributed by atoms with E-state index in [1.54, 1.807) is 4.90 Å². The molecule has 2 saturated heterocycles. The molecule has 0 aromatic rings. The van der Waals surface area contributed by atoms with Gasteiger partial charge in [-0.15, -0.1) is 0 Å². The summed E-state index contributed by atoms with van der Waals surface area (Å²) >= 11 is 0. The summed E-state index contributed by atoms with van der Waals surface area (Å²) in [5.74, 6) is -0.00754. The van der Waals surface area contributed by atoms with Gasteiger partial charge in [-0.2, -0.15) is 13.2 Å². The van der Waals surface area contributed by atoms with Crippen LogP contribution in [0.1, 0.15) is 12.8 Å². The van der Waals surface area contributed by atoms with Gasteiger partial charge in [0.1, 0.15) is 0 Å². The Labute approximate surface area is 122 Å². The van der Waals surface area contributed by atoms with E-state index in [-0.39, 0.29) is 18.5 Å². The zero-order valence-corrected chi connectivity index (χ0v) is 12.0. The molecule has 0 spiro atoms. The van der Waals surface area contributed by atoms with E-state index >= 15 is 0 Å². The van der Waals surface area contributed by atoms with Gasteiger partial charge < -0.3 is 15.0 Å². The van der Waals surface area contributed by atoms with Crippen molar-refractivity contribution < 1.29 is 22.7 Å². The first kappa shape index (κ1) is 16.5. The smallest absolute Gasteiger partial charge is 0.378 e. The molecule has 21 heavy (non-hydrogen) atoms. The summed E-state index contributed by atoms with van der Waals surface area (Å²) in [7, 11) is 0. The largest absolute Gasteiger partial charge is 0.401 e. The molecule has 1 amide bonds. The van der Waals surface area contributed by atoms with E-state index in [4.69, 9.17) is 4.74 Å². The molecule has 2 heterocycles. The van der Waals surface area contributed by atoms with Gasteiger partial charge in [-0.1, -0.05) is 0 Å². The third-order valence-electron chi connectivity index (χ3n) is 3.76. The third kappa shape index (κ3) is 5.80. The first-order valence-corrected chi connectivity index (χ1v) is 7.32. The van der Waals surface area contributed by atoms with Crippen molar-refractivity contribution in [3.8, 4) is 0 Å². The van der Waals surface area contributed by atoms with Crippen molar-refractivity contribution in [2.75, 3.05) is 52.5 Å². The predicted molar refractivity (Wildman–Crippen MR) is 70.9 cm³/mol. The maximum atomic E-state index is 12.4. The minimum absolute atomic E-state index is 0.00754. The van der Waals surface area contributed by atoms with Crippen molar-refractivity contribution >= 4 is 5.91 Å². The molecule has 2 aliphatic heterocycles. The molecule has 0 saturated carbocycles. The van der Waals surface area contributed by atoms with Gasteiger partial charge in [0.05, 0.1) is 19.8 Å². The van der Waals surface area contributed by atoms with Gasteiger partial charge in [0.15, 0.2) is 0 Å². The molecule has 0 radical (unpaired) electrons. The predicted octanol–water partition coefficient (Wildman–Crippen LogP) is 0.461. The second kappa shape index (κ2) is 7.42. The van der Waals surface area contributed by atoms with Crippen LogP contribution in [0.25, 0.3) is 0 Å². The first-order chi connectivity index (χ1) is 9.94. The minimum Gasteiger partial charge on any atom is -0.378 e. The number of nitrogens with one attached hydrogen (secondary N) is 1. The highest BCUT2D eigenvalue weighted by Crippen LogP contribution is 2.17. The van der Waals surface area contributed by atoms with Crippen LogP contribution in [-0.4, -0.2) is 80.4 Å². The Kier molecular flexibility index (Phi) is 5.83. The van der Waals surface area contributed by atoms with Crippen LogP contribution in [-0.2, 0) is 9.53 Å². The Balaban J connectivity index is 1.77. The van der Waals surface area contributed by atoms with Crippen molar-refractivity contribution in [2.45, 2.75) is 25.1 Å². The summed E-state index contributed by atoms with van der Waals surface area (Å²) in [5, 5.41) is 3.21. The van der Waals surface area contributed by atoms with E-state index in [1.807, 2.05) is 0 Å². The van der Waals surface area contributed by atoms with Crippen LogP contribution >= 0.6 is 0 Å². The lowest BCUT2D eigenvalue weighted by atomic mass is 10.1. The van der Waals surface area contributed by atoms with Gasteiger partial charge in [0.2, 0.25) is 5.91 Å². The molecule has 2 aliphatic rings. The second-order valence-electron chi connectivity index (χ2n) is 5.56. The molecule has 1 unspecified atom stereocenters. The normalized spacial score (nSPS) is 25.7. The number of hydrogen-bond donors (Lipinski definition) is 1. The van der Waals surface area contributed by atoms with Crippen LogP contribution in [0, 0.1) is 0 Å². The molecule has 1 N–H and O–H groups in total. The van der Waals surface area contributed by atoms with Crippen molar-refractivity contribution in [1.29, 1.82) is 0 Å². The summed E-state index contributed by atoms with van der Waals surface area (Å²) in [6.07, 6.45) is -3.25. The average Bonchev–Trinajstić information content (AvgIpc) is 2.63. The number of halogens is 3. The van der Waals surface area contributed by atoms with Crippen LogP contribution in [0.5, 0.6) is 0 Å². The SMILES string of the molecule is O=C(CC1COCCN1)N1CCCN(CC(F)(F)F)CC1. The summed E-state index contributed by atoms with van der Waals surface area (Å²) in [4.78, 5) is 15.2. The highest BCUT2D eigenvalue weighted by molar-refractivity contribution is 5.76. The number of nitrogens with zero attached hydrogens (tertiary/aromatic N) is 2. The monoisotopic (exact) mass is 309 g/mol. The molecule has 1 atom stereocenters. The molecule has 0 aliphatic carbocycles. The quantitative estimate of drug-likeness (QED) is 0.823. The lowest BCUT2D eigenvalue weighted by Gasteiger charge is -2.27. The van der Waals surface area contributed by atoms with E-state index in [0.29, 0.717) is 45.7 Å². The Morgan fingerprint density at radius 3 is 2.71 bits per heavy atom. The number of carbonyl (C=O) groups is 1. The highest BCUT2D eigenvalue weighted by atomic mass is 19.4. The van der Waals surface area contributed by atoms with Crippen LogP contribution in [0.4, 0.5) is 13.2 Å². The molecular weight excluding hydrogens is 287 g/mol. The highest BCUT2D eigenvalue weighted by Gasteiger charge is 2.32. The van der Waals surface area contributed by atoms with E-state index in [1.165, 1.54) is 4.90 Å². The molecule has 0 aromatic carbocycles. The molecule has 2 fully saturated rings. The summed E-state index contributed by atoms with van der Waals surface area (Å²) in [6, 6.07) is 0.0146. The van der Waals surface area contributed by atoms with E-state index < -0.39 is 12.7 Å². The fourth-order valence-corrected chi connectivity index (χ4v) is 2.72. The lowest BCUT2D eigenvalue weighted by Crippen LogP contribution is -2.45. The molecular formula is C13H22F3N3O2. The van der Waals surface area contributed by atoms with E-state index in [0.717, 1.165) is 6.54 Å². The summed E-state index contributed by atoms with van der Waals surface area (Å²) < 4.78 is 42.5. The summed E-state index contributed by atoms with van der Waals surface area (Å²) in [6.45, 7) is 2.56. The maximum Gasteiger partial charge on any atom is 0.401 e. The Hall–Kier alpha value is -0.860. The Morgan fingerprint density at radius 2 is 2.05 bits per heavy atom. The fraction of sp³-hybridized carbons (Fsp3) is 0.923. The lowest BCUT2D eigenvalue weighted by molar-refractivity contribution is -0.145. The van der Waals surface area contributed by atoms with Crippen molar-refractivity contribution in [3.05, 3.63) is 0 Å². The zero-order valence-electron chi connectivity index (χ0n) is 12.0. The number of alkyl halides is 3. The fourth-order valence-electron chi connectivity index (χ4n) is 2.72. The average molecular weight is 309 g/mol. The van der Waals surface area contributed by atoms with Gasteiger partial charge in [0, 0.05) is 45.2 Å². The van der Waals surface area contributed by atoms with Crippen LogP contribution < -0.4 is 5.32 Å².